The quantitative estimate of drug-likeness (QED) is 0.117. The number of nitrogens with one attached hydrogen (secondary N) is 1. The van der Waals surface area contributed by atoms with Crippen LogP contribution in [-0.2, 0) is 10.3 Å². The predicted molar refractivity (Wildman–Crippen MR) is 226 cm³/mol. The zero-order chi connectivity index (χ0) is 38.0. The van der Waals surface area contributed by atoms with Crippen molar-refractivity contribution in [3.63, 3.8) is 0 Å². The van der Waals surface area contributed by atoms with Crippen LogP contribution in [0.1, 0.15) is 37.5 Å². The lowest BCUT2D eigenvalue weighted by molar-refractivity contribution is 0.0636. The monoisotopic (exact) mass is 757 g/mol. The van der Waals surface area contributed by atoms with E-state index in [1.807, 2.05) is 63.2 Å². The molecule has 0 bridgehead atoms. The normalized spacial score (nSPS) is 11.8. The van der Waals surface area contributed by atoms with Crippen LogP contribution < -0.4 is 5.32 Å². The van der Waals surface area contributed by atoms with Crippen molar-refractivity contribution in [2.75, 3.05) is 11.6 Å². The van der Waals surface area contributed by atoms with Crippen LogP contribution in [-0.4, -0.2) is 37.7 Å². The van der Waals surface area contributed by atoms with Gasteiger partial charge in [-0.1, -0.05) is 109 Å². The highest BCUT2D eigenvalue weighted by Gasteiger charge is 2.40. The molecule has 9 heteroatoms. The molecule has 0 saturated carbocycles. The largest absolute Gasteiger partial charge is 0.444 e. The van der Waals surface area contributed by atoms with Gasteiger partial charge in [0.05, 0.1) is 20.3 Å². The van der Waals surface area contributed by atoms with Crippen molar-refractivity contribution >= 4 is 45.8 Å². The molecule has 8 rings (SSSR count). The number of nitrogens with zero attached hydrogens (tertiary/aromatic N) is 4. The standard InChI is InChI=1S/C46H39N5O2S2/c1-45(2,3)53-44(52)49-36-23-20-31(21-24-36)42-38(32-22-25-39-37(28-32)43(48-30-47-39)40-26-27-41(54-4)55-40)29-51(50-42)46(33-14-8-5-9-15-33,34-16-10-6-11-17-34)35-18-12-7-13-19-35/h5-30H,1-4H3,(H,49,52). The van der Waals surface area contributed by atoms with Crippen molar-refractivity contribution in [3.05, 3.63) is 175 Å². The molecule has 0 aliphatic rings. The molecule has 3 heterocycles. The second-order valence-electron chi connectivity index (χ2n) is 14.1. The van der Waals surface area contributed by atoms with E-state index in [0.717, 1.165) is 60.5 Å². The molecule has 8 aromatic rings. The van der Waals surface area contributed by atoms with E-state index in [4.69, 9.17) is 14.8 Å². The number of carbonyl (C=O) groups excluding carboxylic acids is 1. The van der Waals surface area contributed by atoms with Gasteiger partial charge in [0.15, 0.2) is 0 Å². The Morgan fingerprint density at radius 2 is 1.31 bits per heavy atom. The van der Waals surface area contributed by atoms with Gasteiger partial charge < -0.3 is 4.74 Å². The van der Waals surface area contributed by atoms with Crippen LogP contribution in [0.5, 0.6) is 0 Å². The molecule has 0 aliphatic carbocycles. The van der Waals surface area contributed by atoms with Gasteiger partial charge in [-0.25, -0.2) is 14.8 Å². The fourth-order valence-corrected chi connectivity index (χ4v) is 8.57. The lowest BCUT2D eigenvalue weighted by Gasteiger charge is -2.36. The van der Waals surface area contributed by atoms with Gasteiger partial charge in [-0.15, -0.1) is 23.1 Å². The Morgan fingerprint density at radius 1 is 0.709 bits per heavy atom. The van der Waals surface area contributed by atoms with Crippen molar-refractivity contribution in [2.45, 2.75) is 36.1 Å². The Kier molecular flexibility index (Phi) is 9.82. The van der Waals surface area contributed by atoms with Crippen LogP contribution in [0, 0.1) is 0 Å². The molecule has 1 N–H and O–H groups in total. The minimum absolute atomic E-state index is 0.506. The number of rotatable bonds is 9. The maximum Gasteiger partial charge on any atom is 0.412 e. The van der Waals surface area contributed by atoms with E-state index in [1.54, 1.807) is 29.4 Å². The van der Waals surface area contributed by atoms with Gasteiger partial charge in [0, 0.05) is 28.4 Å². The number of fused-ring (bicyclic) bond motifs is 1. The summed E-state index contributed by atoms with van der Waals surface area (Å²) in [6, 6.07) is 50.0. The van der Waals surface area contributed by atoms with Crippen LogP contribution in [0.4, 0.5) is 10.5 Å². The summed E-state index contributed by atoms with van der Waals surface area (Å²) in [5.74, 6) is 0. The van der Waals surface area contributed by atoms with Crippen LogP contribution in [0.3, 0.4) is 0 Å². The second kappa shape index (κ2) is 15.0. The summed E-state index contributed by atoms with van der Waals surface area (Å²) in [5.41, 5.74) is 7.75. The fraction of sp³-hybridized carbons (Fsp3) is 0.130. The van der Waals surface area contributed by atoms with Crippen molar-refractivity contribution in [2.24, 2.45) is 0 Å². The van der Waals surface area contributed by atoms with Crippen LogP contribution in [0.15, 0.2) is 162 Å². The molecule has 0 unspecified atom stereocenters. The van der Waals surface area contributed by atoms with E-state index in [9.17, 15) is 4.79 Å². The summed E-state index contributed by atoms with van der Waals surface area (Å²) >= 11 is 3.46. The predicted octanol–water partition coefficient (Wildman–Crippen LogP) is 11.8. The molecule has 55 heavy (non-hydrogen) atoms. The maximum atomic E-state index is 12.6. The van der Waals surface area contributed by atoms with E-state index in [1.165, 1.54) is 4.21 Å². The summed E-state index contributed by atoms with van der Waals surface area (Å²) < 4.78 is 8.85. The second-order valence-corrected chi connectivity index (χ2v) is 16.3. The molecule has 7 nitrogen and oxygen atoms in total. The Labute approximate surface area is 329 Å². The number of hydrogen-bond acceptors (Lipinski definition) is 7. The third kappa shape index (κ3) is 7.16. The Morgan fingerprint density at radius 3 is 1.87 bits per heavy atom. The smallest absolute Gasteiger partial charge is 0.412 e. The molecule has 0 aliphatic heterocycles. The topological polar surface area (TPSA) is 81.9 Å². The fourth-order valence-electron chi connectivity index (χ4n) is 7.02. The van der Waals surface area contributed by atoms with Gasteiger partial charge in [0.2, 0.25) is 0 Å². The number of hydrogen-bond donors (Lipinski definition) is 1. The average Bonchev–Trinajstić information content (AvgIpc) is 3.87. The average molecular weight is 758 g/mol. The minimum Gasteiger partial charge on any atom is -0.444 e. The summed E-state index contributed by atoms with van der Waals surface area (Å²) in [5, 5.41) is 9.37. The van der Waals surface area contributed by atoms with Crippen LogP contribution in [0.2, 0.25) is 0 Å². The first-order valence-electron chi connectivity index (χ1n) is 18.0. The highest BCUT2D eigenvalue weighted by Crippen LogP contribution is 2.44. The van der Waals surface area contributed by atoms with Crippen LogP contribution >= 0.6 is 23.1 Å². The van der Waals surface area contributed by atoms with Crippen LogP contribution in [0.25, 0.3) is 43.9 Å². The molecule has 0 radical (unpaired) electrons. The zero-order valence-corrected chi connectivity index (χ0v) is 32.6. The molecule has 0 saturated heterocycles. The highest BCUT2D eigenvalue weighted by atomic mass is 32.2. The van der Waals surface area contributed by atoms with Crippen molar-refractivity contribution in [1.82, 2.24) is 19.7 Å². The molecular weight excluding hydrogens is 719 g/mol. The number of anilines is 1. The Hall–Kier alpha value is -6.03. The molecule has 0 atom stereocenters. The van der Waals surface area contributed by atoms with Gasteiger partial charge in [-0.05, 0) is 85.7 Å². The molecule has 272 valence electrons. The first kappa shape index (κ1) is 36.0. The molecular formula is C46H39N5O2S2. The first-order valence-corrected chi connectivity index (χ1v) is 20.0. The van der Waals surface area contributed by atoms with Gasteiger partial charge >= 0.3 is 6.09 Å². The Bertz CT molecular complexity index is 2480. The van der Waals surface area contributed by atoms with E-state index < -0.39 is 17.2 Å². The number of ether oxygens (including phenoxy) is 1. The number of thioether (sulfide) groups is 1. The number of benzene rings is 5. The van der Waals surface area contributed by atoms with Gasteiger partial charge in [0.25, 0.3) is 0 Å². The third-order valence-electron chi connectivity index (χ3n) is 9.40. The maximum absolute atomic E-state index is 12.6. The molecule has 3 aromatic heterocycles. The van der Waals surface area contributed by atoms with Gasteiger partial charge in [-0.2, -0.15) is 5.10 Å². The number of thiophene rings is 1. The minimum atomic E-state index is -0.828. The first-order chi connectivity index (χ1) is 26.7. The third-order valence-corrected chi connectivity index (χ3v) is 11.6. The van der Waals surface area contributed by atoms with E-state index >= 15 is 0 Å². The number of aromatic nitrogens is 4. The lowest BCUT2D eigenvalue weighted by Crippen LogP contribution is -2.38. The molecule has 1 amide bonds. The van der Waals surface area contributed by atoms with Crippen molar-refractivity contribution in [3.8, 4) is 33.0 Å². The van der Waals surface area contributed by atoms with E-state index in [2.05, 4.69) is 131 Å². The molecule has 0 spiro atoms. The summed E-state index contributed by atoms with van der Waals surface area (Å²) in [4.78, 5) is 23.2. The molecule has 0 fully saturated rings. The van der Waals surface area contributed by atoms with Crippen molar-refractivity contribution in [1.29, 1.82) is 0 Å². The summed E-state index contributed by atoms with van der Waals surface area (Å²) in [6.07, 6.45) is 5.38. The van der Waals surface area contributed by atoms with E-state index in [-0.39, 0.29) is 0 Å². The summed E-state index contributed by atoms with van der Waals surface area (Å²) in [7, 11) is 0. The number of carbonyl (C=O) groups is 1. The Balaban J connectivity index is 1.36. The number of amides is 1. The van der Waals surface area contributed by atoms with E-state index in [0.29, 0.717) is 5.69 Å². The lowest BCUT2D eigenvalue weighted by atomic mass is 9.77. The van der Waals surface area contributed by atoms with Crippen molar-refractivity contribution < 1.29 is 9.53 Å². The molecule has 5 aromatic carbocycles. The van der Waals surface area contributed by atoms with Gasteiger partial charge in [-0.3, -0.25) is 10.00 Å². The summed E-state index contributed by atoms with van der Waals surface area (Å²) in [6.45, 7) is 5.53. The zero-order valence-electron chi connectivity index (χ0n) is 30.9. The SMILES string of the molecule is CSc1ccc(-c2ncnc3ccc(-c4cn(C(c5ccccc5)(c5ccccc5)c5ccccc5)nc4-c4ccc(NC(=O)OC(C)(C)C)cc4)cc23)s1. The van der Waals surface area contributed by atoms with Gasteiger partial charge in [0.1, 0.15) is 23.2 Å². The highest BCUT2D eigenvalue weighted by molar-refractivity contribution is 8.00.